The predicted molar refractivity (Wildman–Crippen MR) is 123 cm³/mol. The van der Waals surface area contributed by atoms with E-state index in [-0.39, 0.29) is 18.2 Å². The summed E-state index contributed by atoms with van der Waals surface area (Å²) in [5.74, 6) is -4.67. The van der Waals surface area contributed by atoms with E-state index in [4.69, 9.17) is 0 Å². The largest absolute Gasteiger partial charge is 0.346 e. The van der Waals surface area contributed by atoms with Crippen molar-refractivity contribution in [3.63, 3.8) is 0 Å². The number of imide groups is 1. The molecule has 0 bridgehead atoms. The average molecular weight is 454 g/mol. The standard InChI is InChI=1S/C25H31N3O5/c1-5-6-8-13-19(29)26-18(17-11-9-7-10-12-17)14-20(30)27-22(15(2)3)23(31)21-16(4)24(32)28-25(21)33/h5-13,15-16,18,21-22H,14H2,1-4H3,(H,26,29)(H,27,30)(H,28,32,33)/b6-5+,13-8+/t16-,18?,21+,22-/m0/s1. The number of carbonyl (C=O) groups is 5. The Morgan fingerprint density at radius 1 is 1.03 bits per heavy atom. The van der Waals surface area contributed by atoms with E-state index in [1.165, 1.54) is 13.0 Å². The number of nitrogens with one attached hydrogen (secondary N) is 3. The van der Waals surface area contributed by atoms with Crippen LogP contribution in [0.25, 0.3) is 0 Å². The first-order valence-electron chi connectivity index (χ1n) is 11.0. The molecule has 0 aromatic heterocycles. The SMILES string of the molecule is C/C=C/C=C/C(=O)NC(CC(=O)N[C@H](C(=O)[C@@H]1C(=O)NC(=O)[C@H]1C)C(C)C)c1ccccc1. The first-order chi connectivity index (χ1) is 15.6. The van der Waals surface area contributed by atoms with E-state index in [2.05, 4.69) is 16.0 Å². The molecular formula is C25H31N3O5. The first kappa shape index (κ1) is 25.7. The molecule has 1 aliphatic heterocycles. The number of carbonyl (C=O) groups excluding carboxylic acids is 5. The summed E-state index contributed by atoms with van der Waals surface area (Å²) in [7, 11) is 0. The van der Waals surface area contributed by atoms with Gasteiger partial charge in [-0.25, -0.2) is 0 Å². The Balaban J connectivity index is 2.16. The van der Waals surface area contributed by atoms with Gasteiger partial charge in [-0.3, -0.25) is 29.3 Å². The van der Waals surface area contributed by atoms with Gasteiger partial charge in [-0.05, 0) is 18.4 Å². The second-order valence-corrected chi connectivity index (χ2v) is 8.37. The highest BCUT2D eigenvalue weighted by molar-refractivity contribution is 6.16. The second kappa shape index (κ2) is 11.9. The normalized spacial score (nSPS) is 20.2. The highest BCUT2D eigenvalue weighted by Crippen LogP contribution is 2.24. The summed E-state index contributed by atoms with van der Waals surface area (Å²) in [6, 6.07) is 7.48. The van der Waals surface area contributed by atoms with Crippen molar-refractivity contribution in [2.75, 3.05) is 0 Å². The van der Waals surface area contributed by atoms with Crippen LogP contribution in [0, 0.1) is 17.8 Å². The molecule has 0 saturated carbocycles. The molecule has 4 amide bonds. The summed E-state index contributed by atoms with van der Waals surface area (Å²) >= 11 is 0. The van der Waals surface area contributed by atoms with Crippen molar-refractivity contribution in [3.05, 3.63) is 60.2 Å². The molecule has 2 rings (SSSR count). The molecule has 1 fully saturated rings. The zero-order valence-electron chi connectivity index (χ0n) is 19.3. The van der Waals surface area contributed by atoms with Crippen molar-refractivity contribution < 1.29 is 24.0 Å². The molecule has 8 nitrogen and oxygen atoms in total. The monoisotopic (exact) mass is 453 g/mol. The zero-order chi connectivity index (χ0) is 24.5. The third-order valence-corrected chi connectivity index (χ3v) is 5.50. The fourth-order valence-corrected chi connectivity index (χ4v) is 3.66. The number of benzene rings is 1. The van der Waals surface area contributed by atoms with Gasteiger partial charge in [-0.15, -0.1) is 0 Å². The van der Waals surface area contributed by atoms with Crippen LogP contribution in [-0.4, -0.2) is 35.5 Å². The summed E-state index contributed by atoms with van der Waals surface area (Å²) in [6.07, 6.45) is 6.36. The lowest BCUT2D eigenvalue weighted by Gasteiger charge is -2.25. The average Bonchev–Trinajstić information content (AvgIpc) is 3.03. The Bertz CT molecular complexity index is 952. The van der Waals surface area contributed by atoms with Crippen molar-refractivity contribution >= 4 is 29.4 Å². The van der Waals surface area contributed by atoms with Crippen LogP contribution in [-0.2, 0) is 24.0 Å². The van der Waals surface area contributed by atoms with Gasteiger partial charge in [0.2, 0.25) is 23.6 Å². The Kier molecular flexibility index (Phi) is 9.27. The molecule has 4 atom stereocenters. The lowest BCUT2D eigenvalue weighted by atomic mass is 9.85. The molecule has 1 aromatic carbocycles. The maximum absolute atomic E-state index is 13.1. The molecule has 1 heterocycles. The summed E-state index contributed by atoms with van der Waals surface area (Å²) in [5.41, 5.74) is 0.738. The van der Waals surface area contributed by atoms with E-state index >= 15 is 0 Å². The zero-order valence-corrected chi connectivity index (χ0v) is 19.3. The molecule has 1 aliphatic rings. The van der Waals surface area contributed by atoms with Crippen molar-refractivity contribution in [1.29, 1.82) is 0 Å². The summed E-state index contributed by atoms with van der Waals surface area (Å²) in [4.78, 5) is 62.2. The third kappa shape index (κ3) is 6.97. The lowest BCUT2D eigenvalue weighted by Crippen LogP contribution is -2.49. The molecule has 1 aromatic rings. The molecule has 3 N–H and O–H groups in total. The van der Waals surface area contributed by atoms with E-state index in [0.717, 1.165) is 5.56 Å². The molecule has 176 valence electrons. The predicted octanol–water partition coefficient (Wildman–Crippen LogP) is 1.98. The van der Waals surface area contributed by atoms with Gasteiger partial charge in [0.15, 0.2) is 5.78 Å². The maximum atomic E-state index is 13.1. The Hall–Kier alpha value is -3.55. The first-order valence-corrected chi connectivity index (χ1v) is 11.0. The number of ketones is 1. The molecule has 0 aliphatic carbocycles. The van der Waals surface area contributed by atoms with Gasteiger partial charge in [0.1, 0.15) is 5.92 Å². The van der Waals surface area contributed by atoms with Crippen molar-refractivity contribution in [2.45, 2.75) is 46.2 Å². The van der Waals surface area contributed by atoms with Crippen molar-refractivity contribution in [2.24, 2.45) is 17.8 Å². The van der Waals surface area contributed by atoms with Gasteiger partial charge < -0.3 is 10.6 Å². The van der Waals surface area contributed by atoms with E-state index in [1.54, 1.807) is 56.3 Å². The van der Waals surface area contributed by atoms with Crippen LogP contribution in [0.2, 0.25) is 0 Å². The van der Waals surface area contributed by atoms with Crippen molar-refractivity contribution in [1.82, 2.24) is 16.0 Å². The minimum atomic E-state index is -1.13. The number of rotatable bonds is 10. The molecular weight excluding hydrogens is 422 g/mol. The van der Waals surface area contributed by atoms with Crippen LogP contribution in [0.15, 0.2) is 54.6 Å². The van der Waals surface area contributed by atoms with E-state index in [9.17, 15) is 24.0 Å². The minimum Gasteiger partial charge on any atom is -0.346 e. The Morgan fingerprint density at radius 3 is 2.24 bits per heavy atom. The van der Waals surface area contributed by atoms with Crippen LogP contribution >= 0.6 is 0 Å². The van der Waals surface area contributed by atoms with Crippen LogP contribution in [0.1, 0.15) is 45.7 Å². The van der Waals surface area contributed by atoms with Crippen LogP contribution in [0.4, 0.5) is 0 Å². The summed E-state index contributed by atoms with van der Waals surface area (Å²) in [6.45, 7) is 6.86. The molecule has 0 radical (unpaired) electrons. The van der Waals surface area contributed by atoms with Gasteiger partial charge in [-0.2, -0.15) is 0 Å². The van der Waals surface area contributed by atoms with E-state index in [1.807, 2.05) is 13.0 Å². The van der Waals surface area contributed by atoms with E-state index in [0.29, 0.717) is 0 Å². The number of amides is 4. The third-order valence-electron chi connectivity index (χ3n) is 5.50. The number of Topliss-reactive ketones (excluding diaryl/α,β-unsaturated/α-hetero) is 1. The highest BCUT2D eigenvalue weighted by Gasteiger charge is 2.46. The van der Waals surface area contributed by atoms with Crippen LogP contribution < -0.4 is 16.0 Å². The quantitative estimate of drug-likeness (QED) is 0.216. The molecule has 1 unspecified atom stereocenters. The van der Waals surface area contributed by atoms with Gasteiger partial charge in [0.05, 0.1) is 24.4 Å². The van der Waals surface area contributed by atoms with E-state index < -0.39 is 47.4 Å². The lowest BCUT2D eigenvalue weighted by molar-refractivity contribution is -0.137. The number of hydrogen-bond acceptors (Lipinski definition) is 5. The summed E-state index contributed by atoms with van der Waals surface area (Å²) in [5, 5.41) is 7.70. The smallest absolute Gasteiger partial charge is 0.244 e. The fourth-order valence-electron chi connectivity index (χ4n) is 3.66. The highest BCUT2D eigenvalue weighted by atomic mass is 16.2. The minimum absolute atomic E-state index is 0.102. The molecule has 33 heavy (non-hydrogen) atoms. The number of hydrogen-bond donors (Lipinski definition) is 3. The van der Waals surface area contributed by atoms with Crippen LogP contribution in [0.5, 0.6) is 0 Å². The van der Waals surface area contributed by atoms with Gasteiger partial charge in [-0.1, -0.05) is 69.3 Å². The van der Waals surface area contributed by atoms with Crippen molar-refractivity contribution in [3.8, 4) is 0 Å². The Labute approximate surface area is 193 Å². The van der Waals surface area contributed by atoms with Gasteiger partial charge in [0.25, 0.3) is 0 Å². The molecule has 1 saturated heterocycles. The summed E-state index contributed by atoms with van der Waals surface area (Å²) < 4.78 is 0. The van der Waals surface area contributed by atoms with Gasteiger partial charge >= 0.3 is 0 Å². The second-order valence-electron chi connectivity index (χ2n) is 8.37. The van der Waals surface area contributed by atoms with Crippen LogP contribution in [0.3, 0.4) is 0 Å². The molecule has 0 spiro atoms. The van der Waals surface area contributed by atoms with Gasteiger partial charge in [0, 0.05) is 6.08 Å². The fraction of sp³-hybridized carbons (Fsp3) is 0.400. The maximum Gasteiger partial charge on any atom is 0.244 e. The Morgan fingerprint density at radius 2 is 1.70 bits per heavy atom. The topological polar surface area (TPSA) is 121 Å². The number of allylic oxidation sites excluding steroid dienone is 3. The molecule has 8 heteroatoms.